The van der Waals surface area contributed by atoms with Gasteiger partial charge in [-0.1, -0.05) is 37.1 Å². The van der Waals surface area contributed by atoms with Crippen molar-refractivity contribution in [1.82, 2.24) is 0 Å². The van der Waals surface area contributed by atoms with Crippen molar-refractivity contribution in [1.29, 1.82) is 0 Å². The van der Waals surface area contributed by atoms with Crippen molar-refractivity contribution in [3.8, 4) is 0 Å². The summed E-state index contributed by atoms with van der Waals surface area (Å²) in [5.74, 6) is 0. The highest BCUT2D eigenvalue weighted by molar-refractivity contribution is 5.07. The van der Waals surface area contributed by atoms with Crippen LogP contribution in [0.5, 0.6) is 0 Å². The van der Waals surface area contributed by atoms with Crippen LogP contribution in [0.3, 0.4) is 0 Å². The first kappa shape index (κ1) is 11.2. The molecule has 0 heteroatoms. The fourth-order valence-corrected chi connectivity index (χ4v) is 1.11. The van der Waals surface area contributed by atoms with Crippen LogP contribution in [0.1, 0.15) is 39.0 Å². The molecule has 0 fully saturated rings. The van der Waals surface area contributed by atoms with E-state index >= 15 is 0 Å². The van der Waals surface area contributed by atoms with Crippen LogP contribution in [0.2, 0.25) is 0 Å². The molecule has 0 saturated carbocycles. The van der Waals surface area contributed by atoms with Crippen molar-refractivity contribution in [2.24, 2.45) is 0 Å². The number of unbranched alkanes of at least 4 members (excludes halogenated alkanes) is 1. The largest absolute Gasteiger partial charge is 0.103 e. The van der Waals surface area contributed by atoms with E-state index in [1.54, 1.807) is 0 Å². The first-order valence-corrected chi connectivity index (χ1v) is 4.74. The molecule has 0 aliphatic carbocycles. The van der Waals surface area contributed by atoms with Gasteiger partial charge in [0.25, 0.3) is 0 Å². The molecule has 0 unspecified atom stereocenters. The quantitative estimate of drug-likeness (QED) is 0.493. The predicted molar refractivity (Wildman–Crippen MR) is 57.2 cm³/mol. The van der Waals surface area contributed by atoms with Gasteiger partial charge in [-0.2, -0.15) is 0 Å². The van der Waals surface area contributed by atoms with Crippen molar-refractivity contribution < 1.29 is 0 Å². The normalized spacial score (nSPS) is 11.2. The fourth-order valence-electron chi connectivity index (χ4n) is 1.11. The van der Waals surface area contributed by atoms with E-state index in [-0.39, 0.29) is 0 Å². The first-order valence-electron chi connectivity index (χ1n) is 4.74. The van der Waals surface area contributed by atoms with E-state index < -0.39 is 0 Å². The topological polar surface area (TPSA) is 0 Å². The van der Waals surface area contributed by atoms with Crippen molar-refractivity contribution in [2.75, 3.05) is 0 Å². The molecule has 0 nitrogen and oxygen atoms in total. The van der Waals surface area contributed by atoms with Crippen molar-refractivity contribution in [2.45, 2.75) is 39.0 Å². The Morgan fingerprint density at radius 1 is 1.17 bits per heavy atom. The van der Waals surface area contributed by atoms with E-state index in [2.05, 4.69) is 26.2 Å². The van der Waals surface area contributed by atoms with Crippen molar-refractivity contribution in [3.05, 3.63) is 37.0 Å². The summed E-state index contributed by atoms with van der Waals surface area (Å²) in [5.41, 5.74) is 1.51. The summed E-state index contributed by atoms with van der Waals surface area (Å²) in [5, 5.41) is 0. The monoisotopic (exact) mass is 164 g/mol. The first-order chi connectivity index (χ1) is 5.85. The zero-order chi connectivity index (χ0) is 9.23. The van der Waals surface area contributed by atoms with Gasteiger partial charge >= 0.3 is 0 Å². The third-order valence-corrected chi connectivity index (χ3v) is 1.80. The molecule has 0 saturated heterocycles. The SMILES string of the molecule is C=CCCC(=CCCC)CC=C. The van der Waals surface area contributed by atoms with Gasteiger partial charge in [-0.05, 0) is 25.7 Å². The Kier molecular flexibility index (Phi) is 7.78. The van der Waals surface area contributed by atoms with Crippen LogP contribution in [-0.4, -0.2) is 0 Å². The molecule has 0 spiro atoms. The third kappa shape index (κ3) is 5.96. The molecule has 0 rings (SSSR count). The van der Waals surface area contributed by atoms with E-state index in [9.17, 15) is 0 Å². The minimum atomic E-state index is 1.04. The van der Waals surface area contributed by atoms with Gasteiger partial charge in [0.1, 0.15) is 0 Å². The van der Waals surface area contributed by atoms with E-state index in [1.165, 1.54) is 18.4 Å². The predicted octanol–water partition coefficient (Wildman–Crippen LogP) is 4.26. The molecule has 0 aliphatic rings. The molecule has 0 aliphatic heterocycles. The highest BCUT2D eigenvalue weighted by atomic mass is 14.0. The maximum atomic E-state index is 3.75. The molecule has 0 aromatic carbocycles. The molecule has 0 bridgehead atoms. The average molecular weight is 164 g/mol. The smallest absolute Gasteiger partial charge is 0.0141 e. The van der Waals surface area contributed by atoms with Gasteiger partial charge in [0.05, 0.1) is 0 Å². The maximum Gasteiger partial charge on any atom is -0.0141 e. The zero-order valence-corrected chi connectivity index (χ0v) is 8.18. The molecule has 0 amide bonds. The van der Waals surface area contributed by atoms with Crippen LogP contribution >= 0.6 is 0 Å². The molecule has 0 radical (unpaired) electrons. The molecular weight excluding hydrogens is 144 g/mol. The third-order valence-electron chi connectivity index (χ3n) is 1.80. The van der Waals surface area contributed by atoms with Crippen molar-refractivity contribution in [3.63, 3.8) is 0 Å². The summed E-state index contributed by atoms with van der Waals surface area (Å²) in [6, 6.07) is 0. The summed E-state index contributed by atoms with van der Waals surface area (Å²) in [6.07, 6.45) is 12.0. The van der Waals surface area contributed by atoms with Crippen LogP contribution in [0.25, 0.3) is 0 Å². The molecule has 0 aromatic rings. The van der Waals surface area contributed by atoms with Gasteiger partial charge < -0.3 is 0 Å². The molecule has 0 N–H and O–H groups in total. The highest BCUT2D eigenvalue weighted by Crippen LogP contribution is 2.12. The van der Waals surface area contributed by atoms with Crippen LogP contribution < -0.4 is 0 Å². The van der Waals surface area contributed by atoms with Gasteiger partial charge in [0.2, 0.25) is 0 Å². The van der Waals surface area contributed by atoms with Gasteiger partial charge in [-0.15, -0.1) is 13.2 Å². The fraction of sp³-hybridized carbons (Fsp3) is 0.500. The minimum absolute atomic E-state index is 1.04. The van der Waals surface area contributed by atoms with Crippen LogP contribution in [0.4, 0.5) is 0 Å². The Labute approximate surface area is 76.7 Å². The van der Waals surface area contributed by atoms with Gasteiger partial charge in [0, 0.05) is 0 Å². The molecule has 68 valence electrons. The number of allylic oxidation sites excluding steroid dienone is 4. The standard InChI is InChI=1S/C12H20/c1-4-7-10-12(9-6-3)11-8-5-2/h4,6,11H,1,3,5,7-10H2,2H3. The zero-order valence-electron chi connectivity index (χ0n) is 8.18. The Morgan fingerprint density at radius 2 is 1.92 bits per heavy atom. The van der Waals surface area contributed by atoms with Gasteiger partial charge in [-0.3, -0.25) is 0 Å². The Balaban J connectivity index is 3.82. The summed E-state index contributed by atoms with van der Waals surface area (Å²) >= 11 is 0. The summed E-state index contributed by atoms with van der Waals surface area (Å²) in [6.45, 7) is 9.67. The van der Waals surface area contributed by atoms with E-state index in [4.69, 9.17) is 0 Å². The second kappa shape index (κ2) is 8.32. The molecular formula is C12H20. The Hall–Kier alpha value is -0.780. The number of hydrogen-bond acceptors (Lipinski definition) is 0. The average Bonchev–Trinajstić information content (AvgIpc) is 2.10. The number of rotatable bonds is 7. The second-order valence-corrected chi connectivity index (χ2v) is 2.97. The molecule has 0 aromatic heterocycles. The lowest BCUT2D eigenvalue weighted by Crippen LogP contribution is -1.81. The lowest BCUT2D eigenvalue weighted by Gasteiger charge is -2.01. The highest BCUT2D eigenvalue weighted by Gasteiger charge is 1.92. The van der Waals surface area contributed by atoms with Crippen LogP contribution in [0.15, 0.2) is 37.0 Å². The lowest BCUT2D eigenvalue weighted by atomic mass is 10.1. The Morgan fingerprint density at radius 3 is 2.42 bits per heavy atom. The maximum absolute atomic E-state index is 3.75. The van der Waals surface area contributed by atoms with Crippen LogP contribution in [-0.2, 0) is 0 Å². The number of hydrogen-bond donors (Lipinski definition) is 0. The molecule has 12 heavy (non-hydrogen) atoms. The van der Waals surface area contributed by atoms with E-state index in [0.29, 0.717) is 0 Å². The Bertz CT molecular complexity index is 151. The molecule has 0 atom stereocenters. The summed E-state index contributed by atoms with van der Waals surface area (Å²) < 4.78 is 0. The van der Waals surface area contributed by atoms with E-state index in [1.807, 2.05) is 12.2 Å². The summed E-state index contributed by atoms with van der Waals surface area (Å²) in [4.78, 5) is 0. The summed E-state index contributed by atoms with van der Waals surface area (Å²) in [7, 11) is 0. The molecule has 0 heterocycles. The lowest BCUT2D eigenvalue weighted by molar-refractivity contribution is 0.890. The van der Waals surface area contributed by atoms with Crippen molar-refractivity contribution >= 4 is 0 Å². The minimum Gasteiger partial charge on any atom is -0.103 e. The van der Waals surface area contributed by atoms with Crippen LogP contribution in [0, 0.1) is 0 Å². The van der Waals surface area contributed by atoms with E-state index in [0.717, 1.165) is 19.3 Å². The van der Waals surface area contributed by atoms with Gasteiger partial charge in [-0.25, -0.2) is 0 Å². The van der Waals surface area contributed by atoms with Gasteiger partial charge in [0.15, 0.2) is 0 Å². The second-order valence-electron chi connectivity index (χ2n) is 2.97.